The summed E-state index contributed by atoms with van der Waals surface area (Å²) in [5, 5.41) is 0. The van der Waals surface area contributed by atoms with Crippen LogP contribution in [0.4, 0.5) is 17.6 Å². The van der Waals surface area contributed by atoms with E-state index in [0.29, 0.717) is 17.7 Å². The number of alkyl halides is 3. The lowest BCUT2D eigenvalue weighted by Gasteiger charge is -2.12. The van der Waals surface area contributed by atoms with Gasteiger partial charge in [0, 0.05) is 6.54 Å². The lowest BCUT2D eigenvalue weighted by atomic mass is 9.97. The average molecular weight is 283 g/mol. The molecule has 5 heteroatoms. The fourth-order valence-electron chi connectivity index (χ4n) is 2.02. The Balaban J connectivity index is 2.52. The molecule has 0 aromatic heterocycles. The molecule has 0 aliphatic rings. The van der Waals surface area contributed by atoms with Gasteiger partial charge in [0.25, 0.3) is 0 Å². The van der Waals surface area contributed by atoms with Crippen molar-refractivity contribution in [3.8, 4) is 11.1 Å². The largest absolute Gasteiger partial charge is 0.419 e. The highest BCUT2D eigenvalue weighted by Gasteiger charge is 2.33. The van der Waals surface area contributed by atoms with E-state index in [1.54, 1.807) is 6.07 Å². The molecular formula is C15H13F4N. The molecule has 2 aromatic rings. The van der Waals surface area contributed by atoms with Gasteiger partial charge in [-0.2, -0.15) is 13.2 Å². The summed E-state index contributed by atoms with van der Waals surface area (Å²) < 4.78 is 51.2. The van der Waals surface area contributed by atoms with Gasteiger partial charge in [-0.1, -0.05) is 18.2 Å². The predicted molar refractivity (Wildman–Crippen MR) is 69.5 cm³/mol. The molecule has 2 rings (SSSR count). The Kier molecular flexibility index (Phi) is 3.81. The molecule has 0 unspecified atom stereocenters. The first-order chi connectivity index (χ1) is 9.32. The van der Waals surface area contributed by atoms with E-state index in [9.17, 15) is 17.6 Å². The smallest absolute Gasteiger partial charge is 0.326 e. The van der Waals surface area contributed by atoms with Gasteiger partial charge in [0.2, 0.25) is 0 Å². The number of halogens is 4. The molecule has 0 bridgehead atoms. The topological polar surface area (TPSA) is 26.0 Å². The molecule has 0 amide bonds. The van der Waals surface area contributed by atoms with Gasteiger partial charge in [-0.25, -0.2) is 4.39 Å². The van der Waals surface area contributed by atoms with Crippen molar-refractivity contribution < 1.29 is 17.6 Å². The molecule has 0 aliphatic heterocycles. The van der Waals surface area contributed by atoms with Crippen LogP contribution in [-0.2, 0) is 12.7 Å². The molecule has 106 valence electrons. The van der Waals surface area contributed by atoms with Crippen LogP contribution in [0.1, 0.15) is 16.7 Å². The maximum Gasteiger partial charge on any atom is 0.419 e. The summed E-state index contributed by atoms with van der Waals surface area (Å²) in [7, 11) is 0. The molecule has 0 heterocycles. The fourth-order valence-corrected chi connectivity index (χ4v) is 2.02. The van der Waals surface area contributed by atoms with Gasteiger partial charge in [-0.15, -0.1) is 0 Å². The maximum atomic E-state index is 13.6. The molecule has 0 radical (unpaired) electrons. The number of rotatable bonds is 2. The Morgan fingerprint density at radius 1 is 1.05 bits per heavy atom. The van der Waals surface area contributed by atoms with Gasteiger partial charge in [0.1, 0.15) is 5.82 Å². The van der Waals surface area contributed by atoms with Crippen molar-refractivity contribution in [1.82, 2.24) is 0 Å². The molecule has 20 heavy (non-hydrogen) atoms. The van der Waals surface area contributed by atoms with Crippen LogP contribution >= 0.6 is 0 Å². The van der Waals surface area contributed by atoms with Gasteiger partial charge in [0.15, 0.2) is 0 Å². The van der Waals surface area contributed by atoms with Crippen molar-refractivity contribution in [2.24, 2.45) is 5.73 Å². The van der Waals surface area contributed by atoms with Crippen LogP contribution in [0.3, 0.4) is 0 Å². The van der Waals surface area contributed by atoms with E-state index in [1.807, 2.05) is 19.1 Å². The Morgan fingerprint density at radius 3 is 2.30 bits per heavy atom. The van der Waals surface area contributed by atoms with Crippen molar-refractivity contribution in [2.75, 3.05) is 0 Å². The number of hydrogen-bond acceptors (Lipinski definition) is 1. The minimum absolute atomic E-state index is 0.316. The molecular weight excluding hydrogens is 270 g/mol. The van der Waals surface area contributed by atoms with E-state index in [0.717, 1.165) is 23.3 Å². The van der Waals surface area contributed by atoms with E-state index in [1.165, 1.54) is 6.07 Å². The molecule has 0 aliphatic carbocycles. The summed E-state index contributed by atoms with van der Waals surface area (Å²) >= 11 is 0. The average Bonchev–Trinajstić information content (AvgIpc) is 2.37. The number of benzene rings is 2. The highest BCUT2D eigenvalue weighted by molar-refractivity contribution is 5.68. The van der Waals surface area contributed by atoms with E-state index < -0.39 is 17.6 Å². The van der Waals surface area contributed by atoms with Crippen LogP contribution < -0.4 is 5.73 Å². The zero-order chi connectivity index (χ0) is 14.9. The SMILES string of the molecule is Cc1ccc(CN)cc1-c1ccc(C(F)(F)F)c(F)c1. The first-order valence-electron chi connectivity index (χ1n) is 5.99. The standard InChI is InChI=1S/C15H13F4N/c1-9-2-3-10(8-20)6-12(9)11-4-5-13(14(16)7-11)15(17,18)19/h2-7H,8,20H2,1H3. The summed E-state index contributed by atoms with van der Waals surface area (Å²) in [6.07, 6.45) is -4.68. The lowest BCUT2D eigenvalue weighted by molar-refractivity contribution is -0.139. The van der Waals surface area contributed by atoms with Crippen molar-refractivity contribution in [2.45, 2.75) is 19.6 Å². The zero-order valence-corrected chi connectivity index (χ0v) is 10.8. The minimum atomic E-state index is -4.68. The van der Waals surface area contributed by atoms with E-state index in [4.69, 9.17) is 5.73 Å². The Bertz CT molecular complexity index is 632. The van der Waals surface area contributed by atoms with Gasteiger partial charge in [-0.3, -0.25) is 0 Å². The Morgan fingerprint density at radius 2 is 1.75 bits per heavy atom. The second-order valence-corrected chi connectivity index (χ2v) is 4.55. The predicted octanol–water partition coefficient (Wildman–Crippen LogP) is 4.28. The highest BCUT2D eigenvalue weighted by Crippen LogP contribution is 2.34. The van der Waals surface area contributed by atoms with Crippen molar-refractivity contribution in [3.63, 3.8) is 0 Å². The van der Waals surface area contributed by atoms with Crippen molar-refractivity contribution in [3.05, 3.63) is 58.9 Å². The van der Waals surface area contributed by atoms with E-state index in [2.05, 4.69) is 0 Å². The second kappa shape index (κ2) is 5.25. The van der Waals surface area contributed by atoms with Crippen LogP contribution in [0.15, 0.2) is 36.4 Å². The van der Waals surface area contributed by atoms with E-state index in [-0.39, 0.29) is 0 Å². The second-order valence-electron chi connectivity index (χ2n) is 4.55. The highest BCUT2D eigenvalue weighted by atomic mass is 19.4. The summed E-state index contributed by atoms with van der Waals surface area (Å²) in [6.45, 7) is 2.13. The molecule has 0 atom stereocenters. The fraction of sp³-hybridized carbons (Fsp3) is 0.200. The first kappa shape index (κ1) is 14.5. The van der Waals surface area contributed by atoms with Gasteiger partial charge in [-0.05, 0) is 47.4 Å². The quantitative estimate of drug-likeness (QED) is 0.818. The molecule has 0 saturated carbocycles. The summed E-state index contributed by atoms with van der Waals surface area (Å²) in [5.41, 5.74) is 7.05. The molecule has 2 aromatic carbocycles. The van der Waals surface area contributed by atoms with Crippen molar-refractivity contribution >= 4 is 0 Å². The van der Waals surface area contributed by atoms with Crippen LogP contribution in [0.2, 0.25) is 0 Å². The third-order valence-electron chi connectivity index (χ3n) is 3.12. The molecule has 0 spiro atoms. The van der Waals surface area contributed by atoms with E-state index >= 15 is 0 Å². The number of hydrogen-bond donors (Lipinski definition) is 1. The van der Waals surface area contributed by atoms with Crippen molar-refractivity contribution in [1.29, 1.82) is 0 Å². The number of aryl methyl sites for hydroxylation is 1. The van der Waals surface area contributed by atoms with Crippen LogP contribution in [0, 0.1) is 12.7 Å². The zero-order valence-electron chi connectivity index (χ0n) is 10.8. The Labute approximate surface area is 114 Å². The molecule has 0 saturated heterocycles. The van der Waals surface area contributed by atoms with Crippen LogP contribution in [-0.4, -0.2) is 0 Å². The van der Waals surface area contributed by atoms with Gasteiger partial charge in [0.05, 0.1) is 5.56 Å². The van der Waals surface area contributed by atoms with Crippen LogP contribution in [0.25, 0.3) is 11.1 Å². The lowest BCUT2D eigenvalue weighted by Crippen LogP contribution is -2.08. The third kappa shape index (κ3) is 2.82. The number of nitrogens with two attached hydrogens (primary N) is 1. The molecule has 0 fully saturated rings. The van der Waals surface area contributed by atoms with Crippen LogP contribution in [0.5, 0.6) is 0 Å². The normalized spacial score (nSPS) is 11.7. The Hall–Kier alpha value is -1.88. The monoisotopic (exact) mass is 283 g/mol. The molecule has 1 nitrogen and oxygen atoms in total. The van der Waals surface area contributed by atoms with Gasteiger partial charge < -0.3 is 5.73 Å². The molecule has 2 N–H and O–H groups in total. The first-order valence-corrected chi connectivity index (χ1v) is 5.99. The maximum absolute atomic E-state index is 13.6. The minimum Gasteiger partial charge on any atom is -0.326 e. The summed E-state index contributed by atoms with van der Waals surface area (Å²) in [6, 6.07) is 8.35. The van der Waals surface area contributed by atoms with Gasteiger partial charge >= 0.3 is 6.18 Å². The summed E-state index contributed by atoms with van der Waals surface area (Å²) in [4.78, 5) is 0. The third-order valence-corrected chi connectivity index (χ3v) is 3.12. The summed E-state index contributed by atoms with van der Waals surface area (Å²) in [5.74, 6) is -1.27.